The van der Waals surface area contributed by atoms with Crippen molar-refractivity contribution >= 4 is 5.91 Å². The van der Waals surface area contributed by atoms with Gasteiger partial charge in [0, 0.05) is 13.0 Å². The van der Waals surface area contributed by atoms with E-state index in [2.05, 4.69) is 12.2 Å². The minimum Gasteiger partial charge on any atom is -0.353 e. The molecule has 1 rings (SSSR count). The Morgan fingerprint density at radius 3 is 2.55 bits per heavy atom. The highest BCUT2D eigenvalue weighted by atomic mass is 16.1. The summed E-state index contributed by atoms with van der Waals surface area (Å²) in [7, 11) is 0. The van der Waals surface area contributed by atoms with Gasteiger partial charge in [0.05, 0.1) is 0 Å². The van der Waals surface area contributed by atoms with Gasteiger partial charge in [-0.05, 0) is 18.8 Å². The Hall–Kier alpha value is -0.530. The summed E-state index contributed by atoms with van der Waals surface area (Å²) in [5, 5.41) is 2.99. The van der Waals surface area contributed by atoms with E-state index in [9.17, 15) is 4.79 Å². The number of hydrogen-bond donors (Lipinski definition) is 1. The Labute approximate surface area is 68.4 Å². The molecule has 0 aromatic heterocycles. The van der Waals surface area contributed by atoms with Crippen molar-refractivity contribution in [3.05, 3.63) is 0 Å². The zero-order valence-corrected chi connectivity index (χ0v) is 7.39. The predicted molar refractivity (Wildman–Crippen MR) is 45.2 cm³/mol. The molecule has 0 aromatic carbocycles. The van der Waals surface area contributed by atoms with Crippen LogP contribution < -0.4 is 5.32 Å². The molecule has 0 saturated heterocycles. The minimum atomic E-state index is 0.115. The monoisotopic (exact) mass is 155 g/mol. The van der Waals surface area contributed by atoms with Crippen LogP contribution in [0.4, 0.5) is 0 Å². The number of amides is 1. The van der Waals surface area contributed by atoms with Crippen molar-refractivity contribution in [2.24, 2.45) is 5.92 Å². The summed E-state index contributed by atoms with van der Waals surface area (Å²) in [5.74, 6) is 0.788. The van der Waals surface area contributed by atoms with Gasteiger partial charge in [0.25, 0.3) is 0 Å². The largest absolute Gasteiger partial charge is 0.353 e. The molecule has 1 aliphatic rings. The molecule has 2 nitrogen and oxygen atoms in total. The SMILES string of the molecule is CC(=O)NC1CCCCC1C. The van der Waals surface area contributed by atoms with Crippen molar-refractivity contribution in [2.75, 3.05) is 0 Å². The first-order valence-electron chi connectivity index (χ1n) is 4.47. The van der Waals surface area contributed by atoms with Crippen LogP contribution in [-0.4, -0.2) is 11.9 Å². The van der Waals surface area contributed by atoms with Crippen molar-refractivity contribution in [3.63, 3.8) is 0 Å². The smallest absolute Gasteiger partial charge is 0.217 e. The van der Waals surface area contributed by atoms with Gasteiger partial charge >= 0.3 is 0 Å². The average Bonchev–Trinajstić information content (AvgIpc) is 1.93. The molecule has 0 aliphatic heterocycles. The quantitative estimate of drug-likeness (QED) is 0.613. The molecule has 0 heterocycles. The first-order chi connectivity index (χ1) is 5.20. The fourth-order valence-electron chi connectivity index (χ4n) is 1.79. The molecule has 1 fully saturated rings. The maximum atomic E-state index is 10.7. The highest BCUT2D eigenvalue weighted by molar-refractivity contribution is 5.73. The van der Waals surface area contributed by atoms with E-state index in [-0.39, 0.29) is 5.91 Å². The standard InChI is InChI=1S/C9H17NO/c1-7-5-3-4-6-9(7)10-8(2)11/h7,9H,3-6H2,1-2H3,(H,10,11). The first kappa shape index (κ1) is 8.57. The Kier molecular flexibility index (Phi) is 2.92. The molecule has 0 radical (unpaired) electrons. The van der Waals surface area contributed by atoms with Gasteiger partial charge in [-0.15, -0.1) is 0 Å². The van der Waals surface area contributed by atoms with E-state index in [4.69, 9.17) is 0 Å². The number of nitrogens with one attached hydrogen (secondary N) is 1. The normalized spacial score (nSPS) is 31.5. The van der Waals surface area contributed by atoms with Gasteiger partial charge in [-0.25, -0.2) is 0 Å². The second-order valence-electron chi connectivity index (χ2n) is 3.57. The maximum absolute atomic E-state index is 10.7. The van der Waals surface area contributed by atoms with E-state index >= 15 is 0 Å². The molecule has 2 heteroatoms. The van der Waals surface area contributed by atoms with E-state index in [1.165, 1.54) is 25.7 Å². The number of rotatable bonds is 1. The lowest BCUT2D eigenvalue weighted by molar-refractivity contribution is -0.120. The van der Waals surface area contributed by atoms with Crippen LogP contribution in [0.25, 0.3) is 0 Å². The Balaban J connectivity index is 2.35. The van der Waals surface area contributed by atoms with E-state index in [1.807, 2.05) is 0 Å². The first-order valence-corrected chi connectivity index (χ1v) is 4.47. The Morgan fingerprint density at radius 2 is 2.00 bits per heavy atom. The van der Waals surface area contributed by atoms with Crippen molar-refractivity contribution < 1.29 is 4.79 Å². The molecule has 2 atom stereocenters. The van der Waals surface area contributed by atoms with Crippen molar-refractivity contribution in [3.8, 4) is 0 Å². The lowest BCUT2D eigenvalue weighted by Gasteiger charge is -2.28. The molecular formula is C9H17NO. The van der Waals surface area contributed by atoms with Crippen LogP contribution in [0.1, 0.15) is 39.5 Å². The summed E-state index contributed by atoms with van der Waals surface area (Å²) >= 11 is 0. The molecule has 1 aliphatic carbocycles. The van der Waals surface area contributed by atoms with Crippen LogP contribution in [0.2, 0.25) is 0 Å². The van der Waals surface area contributed by atoms with Gasteiger partial charge in [-0.3, -0.25) is 4.79 Å². The van der Waals surface area contributed by atoms with E-state index in [1.54, 1.807) is 6.92 Å². The molecule has 1 saturated carbocycles. The summed E-state index contributed by atoms with van der Waals surface area (Å²) in [5.41, 5.74) is 0. The fourth-order valence-corrected chi connectivity index (χ4v) is 1.79. The van der Waals surface area contributed by atoms with Crippen molar-refractivity contribution in [1.82, 2.24) is 5.32 Å². The van der Waals surface area contributed by atoms with Crippen LogP contribution in [0.5, 0.6) is 0 Å². The predicted octanol–water partition coefficient (Wildman–Crippen LogP) is 1.70. The lowest BCUT2D eigenvalue weighted by Crippen LogP contribution is -2.39. The van der Waals surface area contributed by atoms with Crippen LogP contribution in [0.15, 0.2) is 0 Å². The van der Waals surface area contributed by atoms with Crippen molar-refractivity contribution in [2.45, 2.75) is 45.6 Å². The van der Waals surface area contributed by atoms with Crippen LogP contribution >= 0.6 is 0 Å². The zero-order valence-electron chi connectivity index (χ0n) is 7.39. The van der Waals surface area contributed by atoms with E-state index < -0.39 is 0 Å². The van der Waals surface area contributed by atoms with Crippen LogP contribution in [-0.2, 0) is 4.79 Å². The Morgan fingerprint density at radius 1 is 1.36 bits per heavy atom. The maximum Gasteiger partial charge on any atom is 0.217 e. The molecule has 2 unspecified atom stereocenters. The summed E-state index contributed by atoms with van der Waals surface area (Å²) in [6, 6.07) is 0.446. The average molecular weight is 155 g/mol. The highest BCUT2D eigenvalue weighted by Gasteiger charge is 2.21. The number of hydrogen-bond acceptors (Lipinski definition) is 1. The molecule has 1 N–H and O–H groups in total. The number of carbonyl (C=O) groups is 1. The molecule has 11 heavy (non-hydrogen) atoms. The summed E-state index contributed by atoms with van der Waals surface area (Å²) in [6.07, 6.45) is 5.04. The van der Waals surface area contributed by atoms with Gasteiger partial charge in [-0.1, -0.05) is 19.8 Å². The third-order valence-corrected chi connectivity index (χ3v) is 2.50. The van der Waals surface area contributed by atoms with Crippen molar-refractivity contribution in [1.29, 1.82) is 0 Å². The van der Waals surface area contributed by atoms with Gasteiger partial charge < -0.3 is 5.32 Å². The third-order valence-electron chi connectivity index (χ3n) is 2.50. The minimum absolute atomic E-state index is 0.115. The van der Waals surface area contributed by atoms with Crippen LogP contribution in [0.3, 0.4) is 0 Å². The van der Waals surface area contributed by atoms with E-state index in [0.29, 0.717) is 12.0 Å². The molecule has 64 valence electrons. The third kappa shape index (κ3) is 2.52. The van der Waals surface area contributed by atoms with Gasteiger partial charge in [0.15, 0.2) is 0 Å². The van der Waals surface area contributed by atoms with E-state index in [0.717, 1.165) is 0 Å². The van der Waals surface area contributed by atoms with Crippen LogP contribution in [0, 0.1) is 5.92 Å². The molecule has 0 bridgehead atoms. The summed E-state index contributed by atoms with van der Waals surface area (Å²) in [6.45, 7) is 3.82. The highest BCUT2D eigenvalue weighted by Crippen LogP contribution is 2.23. The zero-order chi connectivity index (χ0) is 8.27. The molecule has 1 amide bonds. The van der Waals surface area contributed by atoms with Gasteiger partial charge in [0.1, 0.15) is 0 Å². The number of carbonyl (C=O) groups excluding carboxylic acids is 1. The second kappa shape index (κ2) is 3.74. The Bertz CT molecular complexity index is 144. The lowest BCUT2D eigenvalue weighted by atomic mass is 9.86. The van der Waals surface area contributed by atoms with Gasteiger partial charge in [0.2, 0.25) is 5.91 Å². The fraction of sp³-hybridized carbons (Fsp3) is 0.889. The summed E-state index contributed by atoms with van der Waals surface area (Å²) < 4.78 is 0. The molecule has 0 aromatic rings. The van der Waals surface area contributed by atoms with Gasteiger partial charge in [-0.2, -0.15) is 0 Å². The second-order valence-corrected chi connectivity index (χ2v) is 3.57. The summed E-state index contributed by atoms with van der Waals surface area (Å²) in [4.78, 5) is 10.7. The molecular weight excluding hydrogens is 138 g/mol. The topological polar surface area (TPSA) is 29.1 Å². The molecule has 0 spiro atoms.